The van der Waals surface area contributed by atoms with Crippen LogP contribution in [-0.2, 0) is 7.05 Å². The summed E-state index contributed by atoms with van der Waals surface area (Å²) >= 11 is 0. The Morgan fingerprint density at radius 3 is 2.92 bits per heavy atom. The minimum atomic E-state index is 0.402. The average Bonchev–Trinajstić information content (AvgIpc) is 2.52. The molecule has 0 aliphatic rings. The number of rotatable bonds is 5. The molecule has 0 spiro atoms. The number of hydrogen-bond acceptors (Lipinski definition) is 2. The first-order chi connectivity index (χ1) is 6.25. The van der Waals surface area contributed by atoms with Crippen molar-refractivity contribution in [3.8, 4) is 0 Å². The molecule has 13 heavy (non-hydrogen) atoms. The topological polar surface area (TPSA) is 29.9 Å². The van der Waals surface area contributed by atoms with Crippen molar-refractivity contribution in [3.63, 3.8) is 0 Å². The molecule has 1 aromatic heterocycles. The van der Waals surface area contributed by atoms with Crippen LogP contribution in [0, 0.1) is 0 Å². The first-order valence-electron chi connectivity index (χ1n) is 4.97. The number of nitrogens with zero attached hydrogens (tertiary/aromatic N) is 2. The third-order valence-corrected chi connectivity index (χ3v) is 2.28. The Labute approximate surface area is 80.1 Å². The highest BCUT2D eigenvalue weighted by molar-refractivity contribution is 5.04. The molecule has 0 saturated carbocycles. The van der Waals surface area contributed by atoms with Crippen LogP contribution in [0.3, 0.4) is 0 Å². The molecule has 0 fully saturated rings. The summed E-state index contributed by atoms with van der Waals surface area (Å²) in [5.74, 6) is 0. The molecule has 0 radical (unpaired) electrons. The lowest BCUT2D eigenvalue weighted by Crippen LogP contribution is -2.21. The fourth-order valence-corrected chi connectivity index (χ4v) is 1.41. The lowest BCUT2D eigenvalue weighted by atomic mass is 10.2. The summed E-state index contributed by atoms with van der Waals surface area (Å²) in [6, 6.07) is 2.46. The van der Waals surface area contributed by atoms with Crippen molar-refractivity contribution in [2.24, 2.45) is 7.05 Å². The highest BCUT2D eigenvalue weighted by atomic mass is 15.3. The van der Waals surface area contributed by atoms with Crippen molar-refractivity contribution in [3.05, 3.63) is 18.0 Å². The zero-order valence-corrected chi connectivity index (χ0v) is 8.75. The van der Waals surface area contributed by atoms with Gasteiger partial charge in [-0.05, 0) is 26.0 Å². The fourth-order valence-electron chi connectivity index (χ4n) is 1.41. The molecule has 1 heterocycles. The molecule has 3 nitrogen and oxygen atoms in total. The van der Waals surface area contributed by atoms with Gasteiger partial charge in [-0.25, -0.2) is 0 Å². The van der Waals surface area contributed by atoms with E-state index in [4.69, 9.17) is 0 Å². The number of aryl methyl sites for hydroxylation is 1. The fraction of sp³-hybridized carbons (Fsp3) is 0.700. The summed E-state index contributed by atoms with van der Waals surface area (Å²) in [5, 5.41) is 7.61. The van der Waals surface area contributed by atoms with E-state index in [1.165, 1.54) is 18.5 Å². The predicted molar refractivity (Wildman–Crippen MR) is 54.5 cm³/mol. The molecule has 1 aromatic rings. The smallest absolute Gasteiger partial charge is 0.0547 e. The summed E-state index contributed by atoms with van der Waals surface area (Å²) in [7, 11) is 1.98. The van der Waals surface area contributed by atoms with Gasteiger partial charge < -0.3 is 5.32 Å². The number of unbranched alkanes of at least 4 members (excludes halogenated alkanes) is 1. The second kappa shape index (κ2) is 5.02. The van der Waals surface area contributed by atoms with Gasteiger partial charge in [-0.2, -0.15) is 5.10 Å². The minimum absolute atomic E-state index is 0.402. The Morgan fingerprint density at radius 1 is 1.62 bits per heavy atom. The molecule has 1 rings (SSSR count). The maximum atomic E-state index is 4.14. The zero-order valence-electron chi connectivity index (χ0n) is 8.75. The van der Waals surface area contributed by atoms with Crippen LogP contribution in [0.2, 0.25) is 0 Å². The molecule has 0 aromatic carbocycles. The second-order valence-corrected chi connectivity index (χ2v) is 3.41. The highest BCUT2D eigenvalue weighted by Gasteiger charge is 2.06. The maximum absolute atomic E-state index is 4.14. The number of aromatic nitrogens is 2. The molecule has 0 aliphatic heterocycles. The van der Waals surface area contributed by atoms with Crippen LogP contribution >= 0.6 is 0 Å². The van der Waals surface area contributed by atoms with Crippen LogP contribution in [0.25, 0.3) is 0 Å². The molecule has 1 atom stereocenters. The summed E-state index contributed by atoms with van der Waals surface area (Å²) < 4.78 is 1.92. The molecule has 74 valence electrons. The Bertz CT molecular complexity index is 242. The van der Waals surface area contributed by atoms with Gasteiger partial charge >= 0.3 is 0 Å². The van der Waals surface area contributed by atoms with Gasteiger partial charge in [-0.15, -0.1) is 0 Å². The van der Waals surface area contributed by atoms with Crippen molar-refractivity contribution in [2.45, 2.75) is 32.7 Å². The third-order valence-electron chi connectivity index (χ3n) is 2.28. The van der Waals surface area contributed by atoms with E-state index in [-0.39, 0.29) is 0 Å². The number of nitrogens with one attached hydrogen (secondary N) is 1. The van der Waals surface area contributed by atoms with Crippen molar-refractivity contribution in [1.82, 2.24) is 15.1 Å². The van der Waals surface area contributed by atoms with Gasteiger partial charge in [0.15, 0.2) is 0 Å². The van der Waals surface area contributed by atoms with Gasteiger partial charge in [0.2, 0.25) is 0 Å². The van der Waals surface area contributed by atoms with Crippen LogP contribution < -0.4 is 5.32 Å². The first kappa shape index (κ1) is 10.3. The Morgan fingerprint density at radius 2 is 2.38 bits per heavy atom. The molecule has 1 N–H and O–H groups in total. The maximum Gasteiger partial charge on any atom is 0.0547 e. The van der Waals surface area contributed by atoms with E-state index in [1.54, 1.807) is 0 Å². The van der Waals surface area contributed by atoms with Gasteiger partial charge in [-0.3, -0.25) is 4.68 Å². The zero-order chi connectivity index (χ0) is 9.68. The Balaban J connectivity index is 2.39. The van der Waals surface area contributed by atoms with Crippen molar-refractivity contribution in [2.75, 3.05) is 6.54 Å². The van der Waals surface area contributed by atoms with Crippen LogP contribution in [0.4, 0.5) is 0 Å². The van der Waals surface area contributed by atoms with Gasteiger partial charge in [-0.1, -0.05) is 13.3 Å². The molecular weight excluding hydrogens is 162 g/mol. The first-order valence-corrected chi connectivity index (χ1v) is 4.97. The van der Waals surface area contributed by atoms with Crippen molar-refractivity contribution >= 4 is 0 Å². The Kier molecular flexibility index (Phi) is 3.96. The molecule has 1 unspecified atom stereocenters. The quantitative estimate of drug-likeness (QED) is 0.703. The monoisotopic (exact) mass is 181 g/mol. The van der Waals surface area contributed by atoms with Crippen LogP contribution in [-0.4, -0.2) is 16.3 Å². The molecular formula is C10H19N3. The summed E-state index contributed by atoms with van der Waals surface area (Å²) in [6.07, 6.45) is 4.32. The largest absolute Gasteiger partial charge is 0.309 e. The second-order valence-electron chi connectivity index (χ2n) is 3.41. The highest BCUT2D eigenvalue weighted by Crippen LogP contribution is 2.09. The molecule has 0 bridgehead atoms. The predicted octanol–water partition coefficient (Wildman–Crippen LogP) is 1.87. The van der Waals surface area contributed by atoms with Gasteiger partial charge in [0.1, 0.15) is 0 Å². The van der Waals surface area contributed by atoms with E-state index in [2.05, 4.69) is 30.3 Å². The van der Waals surface area contributed by atoms with E-state index in [9.17, 15) is 0 Å². The number of hydrogen-bond donors (Lipinski definition) is 1. The normalized spacial score (nSPS) is 13.2. The SMILES string of the molecule is CCCCNC(C)c1ccnn1C. The summed E-state index contributed by atoms with van der Waals surface area (Å²) in [6.45, 7) is 5.46. The van der Waals surface area contributed by atoms with Crippen LogP contribution in [0.5, 0.6) is 0 Å². The molecule has 0 aliphatic carbocycles. The van der Waals surface area contributed by atoms with Crippen molar-refractivity contribution < 1.29 is 0 Å². The lowest BCUT2D eigenvalue weighted by molar-refractivity contribution is 0.519. The van der Waals surface area contributed by atoms with Crippen LogP contribution in [0.1, 0.15) is 38.4 Å². The minimum Gasteiger partial charge on any atom is -0.309 e. The summed E-state index contributed by atoms with van der Waals surface area (Å²) in [4.78, 5) is 0. The third kappa shape index (κ3) is 2.84. The lowest BCUT2D eigenvalue weighted by Gasteiger charge is -2.13. The van der Waals surface area contributed by atoms with E-state index >= 15 is 0 Å². The van der Waals surface area contributed by atoms with E-state index in [0.29, 0.717) is 6.04 Å². The molecule has 0 amide bonds. The van der Waals surface area contributed by atoms with E-state index in [1.807, 2.05) is 17.9 Å². The Hall–Kier alpha value is -0.830. The van der Waals surface area contributed by atoms with E-state index in [0.717, 1.165) is 6.54 Å². The van der Waals surface area contributed by atoms with Gasteiger partial charge in [0.05, 0.1) is 5.69 Å². The molecule has 3 heteroatoms. The van der Waals surface area contributed by atoms with E-state index < -0.39 is 0 Å². The molecule has 0 saturated heterocycles. The average molecular weight is 181 g/mol. The van der Waals surface area contributed by atoms with Crippen LogP contribution in [0.15, 0.2) is 12.3 Å². The van der Waals surface area contributed by atoms with Gasteiger partial charge in [0, 0.05) is 19.3 Å². The standard InChI is InChI=1S/C10H19N3/c1-4-5-7-11-9(2)10-6-8-12-13(10)3/h6,8-9,11H,4-5,7H2,1-3H3. The van der Waals surface area contributed by atoms with Crippen molar-refractivity contribution in [1.29, 1.82) is 0 Å². The van der Waals surface area contributed by atoms with Gasteiger partial charge in [0.25, 0.3) is 0 Å². The summed E-state index contributed by atoms with van der Waals surface area (Å²) in [5.41, 5.74) is 1.25.